The number of alkyl carbamates (subject to hydrolysis) is 1. The van der Waals surface area contributed by atoms with E-state index in [2.05, 4.69) is 22.9 Å². The molecule has 2 aromatic rings. The molecule has 0 heterocycles. The minimum atomic E-state index is -1.17. The second-order valence-corrected chi connectivity index (χ2v) is 16.4. The van der Waals surface area contributed by atoms with Gasteiger partial charge in [0, 0.05) is 25.3 Å². The van der Waals surface area contributed by atoms with Crippen LogP contribution in [-0.2, 0) is 28.7 Å². The number of rotatable bonds is 28. The minimum Gasteiger partial charge on any atom is -0.480 e. The Morgan fingerprint density at radius 2 is 1.19 bits per heavy atom. The molecule has 0 spiro atoms. The van der Waals surface area contributed by atoms with E-state index in [0.29, 0.717) is 25.8 Å². The molecule has 11 heteroatoms. The van der Waals surface area contributed by atoms with Crippen LogP contribution >= 0.6 is 0 Å². The summed E-state index contributed by atoms with van der Waals surface area (Å²) < 4.78 is 11.1. The van der Waals surface area contributed by atoms with Gasteiger partial charge in [-0.3, -0.25) is 9.59 Å². The summed E-state index contributed by atoms with van der Waals surface area (Å²) in [6, 6.07) is 13.9. The van der Waals surface area contributed by atoms with E-state index in [0.717, 1.165) is 41.5 Å². The first-order valence-electron chi connectivity index (χ1n) is 21.5. The third-order valence-corrected chi connectivity index (χ3v) is 10.4. The molecule has 0 aliphatic heterocycles. The Balaban J connectivity index is 1.31. The molecule has 1 aliphatic rings. The smallest absolute Gasteiger partial charge is 0.407 e. The summed E-state index contributed by atoms with van der Waals surface area (Å²) in [5, 5.41) is 17.8. The zero-order chi connectivity index (χ0) is 41.5. The van der Waals surface area contributed by atoms with Crippen LogP contribution in [0.4, 0.5) is 4.79 Å². The highest BCUT2D eigenvalue weighted by atomic mass is 16.6. The summed E-state index contributed by atoms with van der Waals surface area (Å²) in [4.78, 5) is 63.0. The van der Waals surface area contributed by atoms with Crippen LogP contribution < -0.4 is 16.0 Å². The molecule has 0 saturated carbocycles. The Hall–Kier alpha value is -4.41. The summed E-state index contributed by atoms with van der Waals surface area (Å²) in [5.41, 5.74) is 3.58. The van der Waals surface area contributed by atoms with Crippen molar-refractivity contribution in [3.8, 4) is 11.1 Å². The van der Waals surface area contributed by atoms with Crippen molar-refractivity contribution in [2.24, 2.45) is 0 Å². The normalized spacial score (nSPS) is 13.2. The summed E-state index contributed by atoms with van der Waals surface area (Å²) in [7, 11) is 0. The Morgan fingerprint density at radius 3 is 1.74 bits per heavy atom. The van der Waals surface area contributed by atoms with Crippen LogP contribution in [0.2, 0.25) is 0 Å². The van der Waals surface area contributed by atoms with E-state index in [4.69, 9.17) is 9.47 Å². The topological polar surface area (TPSA) is 160 Å². The van der Waals surface area contributed by atoms with Gasteiger partial charge >= 0.3 is 18.0 Å². The van der Waals surface area contributed by atoms with Crippen LogP contribution in [0.15, 0.2) is 48.5 Å². The van der Waals surface area contributed by atoms with Crippen LogP contribution in [0.5, 0.6) is 0 Å². The van der Waals surface area contributed by atoms with Crippen LogP contribution in [0, 0.1) is 0 Å². The van der Waals surface area contributed by atoms with E-state index in [1.807, 2.05) is 48.5 Å². The van der Waals surface area contributed by atoms with Crippen molar-refractivity contribution in [2.45, 2.75) is 173 Å². The third-order valence-electron chi connectivity index (χ3n) is 10.4. The van der Waals surface area contributed by atoms with Gasteiger partial charge < -0.3 is 30.5 Å². The summed E-state index contributed by atoms with van der Waals surface area (Å²) >= 11 is 0. The molecular weight excluding hydrogens is 723 g/mol. The number of unbranched alkanes of at least 4 members (excludes halogenated alkanes) is 13. The summed E-state index contributed by atoms with van der Waals surface area (Å²) in [6.07, 6.45) is 16.5. The second kappa shape index (κ2) is 25.8. The van der Waals surface area contributed by atoms with E-state index in [9.17, 15) is 29.1 Å². The lowest BCUT2D eigenvalue weighted by molar-refractivity contribution is -0.159. The molecule has 11 nitrogen and oxygen atoms in total. The summed E-state index contributed by atoms with van der Waals surface area (Å²) in [6.45, 7) is 7.88. The Kier molecular flexibility index (Phi) is 21.2. The van der Waals surface area contributed by atoms with E-state index in [1.165, 1.54) is 64.2 Å². The van der Waals surface area contributed by atoms with Gasteiger partial charge in [-0.15, -0.1) is 0 Å². The fraction of sp³-hybridized carbons (Fsp3) is 0.630. The van der Waals surface area contributed by atoms with E-state index in [1.54, 1.807) is 20.8 Å². The number of esters is 1. The monoisotopic (exact) mass is 792 g/mol. The average molecular weight is 792 g/mol. The Morgan fingerprint density at radius 1 is 0.649 bits per heavy atom. The predicted octanol–water partition coefficient (Wildman–Crippen LogP) is 9.35. The molecule has 57 heavy (non-hydrogen) atoms. The highest BCUT2D eigenvalue weighted by molar-refractivity contribution is 5.85. The van der Waals surface area contributed by atoms with Crippen LogP contribution in [0.3, 0.4) is 0 Å². The van der Waals surface area contributed by atoms with Gasteiger partial charge in [0.1, 0.15) is 24.3 Å². The van der Waals surface area contributed by atoms with Gasteiger partial charge in [0.15, 0.2) is 0 Å². The Labute approximate surface area is 340 Å². The van der Waals surface area contributed by atoms with Crippen LogP contribution in [0.25, 0.3) is 11.1 Å². The molecule has 0 aromatic heterocycles. The number of hydrogen-bond acceptors (Lipinski definition) is 7. The Bertz CT molecular complexity index is 1510. The molecule has 1 aliphatic carbocycles. The van der Waals surface area contributed by atoms with Gasteiger partial charge in [-0.25, -0.2) is 14.4 Å². The van der Waals surface area contributed by atoms with E-state index in [-0.39, 0.29) is 43.6 Å². The minimum absolute atomic E-state index is 0.00399. The predicted molar refractivity (Wildman–Crippen MR) is 224 cm³/mol. The molecule has 3 amide bonds. The molecule has 4 N–H and O–H groups in total. The zero-order valence-corrected chi connectivity index (χ0v) is 35.0. The standard InChI is InChI=1S/C46H69N3O8/c1-5-6-7-8-9-10-11-12-13-14-15-16-17-29-42(51)48-40(44(54)57-46(2,3)4)30-31-41(50)47-32-23-22-28-39(43(52)53)49-45(55)56-33-38-36-26-20-18-24-34(36)35-25-19-21-27-37(35)38/h18-21,24-27,38-40H,5-17,22-23,28-33H2,1-4H3,(H,47,50)(H,48,51)(H,49,55)(H,52,53)/t39?,40-/m1/s1. The van der Waals surface area contributed by atoms with Gasteiger partial charge in [-0.05, 0) is 75.1 Å². The first-order valence-corrected chi connectivity index (χ1v) is 21.5. The number of benzene rings is 2. The number of aliphatic carboxylic acids is 1. The quantitative estimate of drug-likeness (QED) is 0.0490. The molecule has 0 radical (unpaired) electrons. The first kappa shape index (κ1) is 47.0. The maximum Gasteiger partial charge on any atom is 0.407 e. The van der Waals surface area contributed by atoms with Gasteiger partial charge in [0.2, 0.25) is 11.8 Å². The first-order chi connectivity index (χ1) is 27.4. The van der Waals surface area contributed by atoms with Crippen molar-refractivity contribution in [2.75, 3.05) is 13.2 Å². The maximum absolute atomic E-state index is 12.9. The van der Waals surface area contributed by atoms with Gasteiger partial charge in [0.05, 0.1) is 0 Å². The number of carbonyl (C=O) groups is 5. The third kappa shape index (κ3) is 18.2. The van der Waals surface area contributed by atoms with Crippen LogP contribution in [0.1, 0.15) is 167 Å². The molecule has 0 bridgehead atoms. The lowest BCUT2D eigenvalue weighted by Gasteiger charge is -2.24. The molecule has 3 rings (SSSR count). The molecule has 2 aromatic carbocycles. The summed E-state index contributed by atoms with van der Waals surface area (Å²) in [5.74, 6) is -2.40. The molecular formula is C46H69N3O8. The van der Waals surface area contributed by atoms with Crippen molar-refractivity contribution in [1.82, 2.24) is 16.0 Å². The lowest BCUT2D eigenvalue weighted by Crippen LogP contribution is -2.44. The van der Waals surface area contributed by atoms with Crippen molar-refractivity contribution < 1.29 is 38.6 Å². The van der Waals surface area contributed by atoms with Crippen LogP contribution in [-0.4, -0.2) is 65.8 Å². The highest BCUT2D eigenvalue weighted by Gasteiger charge is 2.30. The molecule has 0 saturated heterocycles. The van der Waals surface area contributed by atoms with Gasteiger partial charge in [0.25, 0.3) is 0 Å². The van der Waals surface area contributed by atoms with Crippen molar-refractivity contribution >= 4 is 29.8 Å². The van der Waals surface area contributed by atoms with E-state index >= 15 is 0 Å². The fourth-order valence-corrected chi connectivity index (χ4v) is 7.30. The fourth-order valence-electron chi connectivity index (χ4n) is 7.30. The lowest BCUT2D eigenvalue weighted by atomic mass is 9.98. The van der Waals surface area contributed by atoms with E-state index < -0.39 is 35.7 Å². The van der Waals surface area contributed by atoms with Crippen molar-refractivity contribution in [3.63, 3.8) is 0 Å². The number of nitrogens with one attached hydrogen (secondary N) is 3. The van der Waals surface area contributed by atoms with Crippen molar-refractivity contribution in [3.05, 3.63) is 59.7 Å². The number of fused-ring (bicyclic) bond motifs is 3. The number of carbonyl (C=O) groups excluding carboxylic acids is 4. The molecule has 2 atom stereocenters. The van der Waals surface area contributed by atoms with Crippen molar-refractivity contribution in [1.29, 1.82) is 0 Å². The number of ether oxygens (including phenoxy) is 2. The number of amides is 3. The second-order valence-electron chi connectivity index (χ2n) is 16.4. The van der Waals surface area contributed by atoms with Gasteiger partial charge in [-0.1, -0.05) is 133 Å². The average Bonchev–Trinajstić information content (AvgIpc) is 3.49. The number of hydrogen-bond donors (Lipinski definition) is 4. The number of carboxylic acid groups (broad SMARTS) is 1. The number of carboxylic acids is 1. The van der Waals surface area contributed by atoms with Gasteiger partial charge in [-0.2, -0.15) is 0 Å². The molecule has 1 unspecified atom stereocenters. The zero-order valence-electron chi connectivity index (χ0n) is 35.0. The molecule has 0 fully saturated rings. The SMILES string of the molecule is CCCCCCCCCCCCCCCC(=O)N[C@H](CCC(=O)NCCCCC(NC(=O)OCC1c2ccccc2-c2ccccc21)C(=O)O)C(=O)OC(C)(C)C. The maximum atomic E-state index is 12.9. The molecule has 316 valence electrons. The highest BCUT2D eigenvalue weighted by Crippen LogP contribution is 2.44. The largest absolute Gasteiger partial charge is 0.480 e.